The van der Waals surface area contributed by atoms with E-state index < -0.39 is 0 Å². The van der Waals surface area contributed by atoms with Gasteiger partial charge in [-0.3, -0.25) is 0 Å². The van der Waals surface area contributed by atoms with E-state index in [0.29, 0.717) is 18.8 Å². The van der Waals surface area contributed by atoms with Gasteiger partial charge in [0.1, 0.15) is 11.6 Å². The zero-order valence-corrected chi connectivity index (χ0v) is 12.5. The van der Waals surface area contributed by atoms with Crippen LogP contribution in [-0.4, -0.2) is 36.0 Å². The Kier molecular flexibility index (Phi) is 4.91. The highest BCUT2D eigenvalue weighted by Crippen LogP contribution is 2.26. The molecule has 1 aliphatic rings. The second kappa shape index (κ2) is 6.67. The summed E-state index contributed by atoms with van der Waals surface area (Å²) in [5.41, 5.74) is 2.68. The molecule has 0 N–H and O–H groups in total. The third-order valence-electron chi connectivity index (χ3n) is 3.91. The summed E-state index contributed by atoms with van der Waals surface area (Å²) in [6, 6.07) is 2.63. The van der Waals surface area contributed by atoms with Gasteiger partial charge in [-0.1, -0.05) is 20.8 Å². The van der Waals surface area contributed by atoms with E-state index >= 15 is 0 Å². The Hall–Kier alpha value is -1.67. The van der Waals surface area contributed by atoms with Gasteiger partial charge in [-0.15, -0.1) is 5.10 Å². The lowest BCUT2D eigenvalue weighted by atomic mass is 10.0. The van der Waals surface area contributed by atoms with Gasteiger partial charge in [0, 0.05) is 6.54 Å². The Morgan fingerprint density at radius 2 is 2.10 bits per heavy atom. The van der Waals surface area contributed by atoms with Crippen LogP contribution in [0.1, 0.15) is 44.0 Å². The fourth-order valence-corrected chi connectivity index (χ4v) is 2.75. The van der Waals surface area contributed by atoms with E-state index in [4.69, 9.17) is 4.74 Å². The Labute approximate surface area is 120 Å². The molecule has 0 aromatic carbocycles. The van der Waals surface area contributed by atoms with Crippen LogP contribution in [0.25, 0.3) is 0 Å². The summed E-state index contributed by atoms with van der Waals surface area (Å²) >= 11 is 0. The topological polar surface area (TPSA) is 62.0 Å². The predicted octanol–water partition coefficient (Wildman–Crippen LogP) is 2.09. The van der Waals surface area contributed by atoms with Crippen molar-refractivity contribution in [2.75, 3.05) is 24.7 Å². The number of hydrogen-bond acceptors (Lipinski definition) is 5. The van der Waals surface area contributed by atoms with Crippen LogP contribution >= 0.6 is 0 Å². The molecule has 0 aliphatic carbocycles. The monoisotopic (exact) mass is 274 g/mol. The first-order valence-corrected chi connectivity index (χ1v) is 7.39. The maximum absolute atomic E-state index is 9.56. The number of rotatable bonds is 4. The van der Waals surface area contributed by atoms with Crippen molar-refractivity contribution in [3.63, 3.8) is 0 Å². The standard InChI is InChI=1S/C15H22N4O/c1-4-11-10-20-8-7-19(11)15-13(9-16)12(5-2)14(6-3)17-18-15/h11H,4-8,10H2,1-3H3. The number of nitriles is 1. The molecule has 2 rings (SSSR count). The Morgan fingerprint density at radius 1 is 1.30 bits per heavy atom. The molecule has 0 radical (unpaired) electrons. The molecule has 5 nitrogen and oxygen atoms in total. The highest BCUT2D eigenvalue weighted by molar-refractivity contribution is 5.58. The molecule has 108 valence electrons. The molecule has 1 aliphatic heterocycles. The van der Waals surface area contributed by atoms with Gasteiger partial charge in [0.2, 0.25) is 0 Å². The molecule has 1 saturated heterocycles. The molecule has 1 fully saturated rings. The van der Waals surface area contributed by atoms with Gasteiger partial charge in [-0.2, -0.15) is 10.4 Å². The lowest BCUT2D eigenvalue weighted by Crippen LogP contribution is -2.46. The molecular formula is C15H22N4O. The van der Waals surface area contributed by atoms with Gasteiger partial charge in [0.25, 0.3) is 0 Å². The van der Waals surface area contributed by atoms with Crippen LogP contribution in [-0.2, 0) is 17.6 Å². The van der Waals surface area contributed by atoms with E-state index in [0.717, 1.165) is 42.9 Å². The third kappa shape index (κ3) is 2.61. The SMILES string of the molecule is CCc1nnc(N2CCOCC2CC)c(C#N)c1CC. The molecule has 1 unspecified atom stereocenters. The summed E-state index contributed by atoms with van der Waals surface area (Å²) in [7, 11) is 0. The number of anilines is 1. The zero-order chi connectivity index (χ0) is 14.5. The molecule has 20 heavy (non-hydrogen) atoms. The van der Waals surface area contributed by atoms with Crippen molar-refractivity contribution in [2.24, 2.45) is 0 Å². The van der Waals surface area contributed by atoms with E-state index in [9.17, 15) is 5.26 Å². The fourth-order valence-electron chi connectivity index (χ4n) is 2.75. The molecule has 2 heterocycles. The first kappa shape index (κ1) is 14.7. The van der Waals surface area contributed by atoms with E-state index in [1.165, 1.54) is 0 Å². The van der Waals surface area contributed by atoms with Crippen molar-refractivity contribution in [1.82, 2.24) is 10.2 Å². The molecular weight excluding hydrogens is 252 g/mol. The van der Waals surface area contributed by atoms with Crippen LogP contribution in [0, 0.1) is 11.3 Å². The van der Waals surface area contributed by atoms with Gasteiger partial charge >= 0.3 is 0 Å². The van der Waals surface area contributed by atoms with Crippen LogP contribution in [0.5, 0.6) is 0 Å². The highest BCUT2D eigenvalue weighted by atomic mass is 16.5. The predicted molar refractivity (Wildman–Crippen MR) is 77.7 cm³/mol. The van der Waals surface area contributed by atoms with E-state index in [2.05, 4.69) is 35.0 Å². The quantitative estimate of drug-likeness (QED) is 0.841. The molecule has 1 aromatic rings. The summed E-state index contributed by atoms with van der Waals surface area (Å²) in [6.45, 7) is 8.40. The van der Waals surface area contributed by atoms with E-state index in [-0.39, 0.29) is 6.04 Å². The largest absolute Gasteiger partial charge is 0.377 e. The van der Waals surface area contributed by atoms with Gasteiger partial charge in [-0.25, -0.2) is 0 Å². The second-order valence-corrected chi connectivity index (χ2v) is 4.97. The van der Waals surface area contributed by atoms with Crippen LogP contribution in [0.2, 0.25) is 0 Å². The summed E-state index contributed by atoms with van der Waals surface area (Å²) in [4.78, 5) is 2.19. The average Bonchev–Trinajstić information content (AvgIpc) is 2.53. The van der Waals surface area contributed by atoms with Crippen LogP contribution < -0.4 is 4.90 Å². The molecule has 1 atom stereocenters. The van der Waals surface area contributed by atoms with Gasteiger partial charge < -0.3 is 9.64 Å². The van der Waals surface area contributed by atoms with Crippen LogP contribution in [0.3, 0.4) is 0 Å². The van der Waals surface area contributed by atoms with Crippen molar-refractivity contribution in [2.45, 2.75) is 46.1 Å². The fraction of sp³-hybridized carbons (Fsp3) is 0.667. The normalized spacial score (nSPS) is 18.9. The molecule has 1 aromatic heterocycles. The van der Waals surface area contributed by atoms with Gasteiger partial charge in [0.05, 0.1) is 24.9 Å². The lowest BCUT2D eigenvalue weighted by molar-refractivity contribution is 0.0924. The summed E-state index contributed by atoms with van der Waals surface area (Å²) in [5.74, 6) is 0.733. The lowest BCUT2D eigenvalue weighted by Gasteiger charge is -2.36. The molecule has 0 spiro atoms. The minimum absolute atomic E-state index is 0.280. The maximum atomic E-state index is 9.56. The molecule has 0 bridgehead atoms. The number of aromatic nitrogens is 2. The Bertz CT molecular complexity index is 509. The highest BCUT2D eigenvalue weighted by Gasteiger charge is 2.27. The van der Waals surface area contributed by atoms with Crippen molar-refractivity contribution in [3.05, 3.63) is 16.8 Å². The summed E-state index contributed by atoms with van der Waals surface area (Å²) < 4.78 is 5.53. The van der Waals surface area contributed by atoms with Crippen LogP contribution in [0.4, 0.5) is 5.82 Å². The molecule has 0 amide bonds. The minimum atomic E-state index is 0.280. The Morgan fingerprint density at radius 3 is 2.70 bits per heavy atom. The van der Waals surface area contributed by atoms with Crippen molar-refractivity contribution in [1.29, 1.82) is 5.26 Å². The molecule has 5 heteroatoms. The number of ether oxygens (including phenoxy) is 1. The summed E-state index contributed by atoms with van der Waals surface area (Å²) in [5, 5.41) is 18.2. The third-order valence-corrected chi connectivity index (χ3v) is 3.91. The average molecular weight is 274 g/mol. The Balaban J connectivity index is 2.48. The smallest absolute Gasteiger partial charge is 0.169 e. The van der Waals surface area contributed by atoms with Gasteiger partial charge in [-0.05, 0) is 24.8 Å². The number of morpholine rings is 1. The second-order valence-electron chi connectivity index (χ2n) is 4.97. The van der Waals surface area contributed by atoms with Crippen molar-refractivity contribution in [3.8, 4) is 6.07 Å². The minimum Gasteiger partial charge on any atom is -0.377 e. The number of hydrogen-bond donors (Lipinski definition) is 0. The summed E-state index contributed by atoms with van der Waals surface area (Å²) in [6.07, 6.45) is 2.60. The molecule has 0 saturated carbocycles. The first-order chi connectivity index (χ1) is 9.76. The van der Waals surface area contributed by atoms with Crippen molar-refractivity contribution >= 4 is 5.82 Å². The van der Waals surface area contributed by atoms with E-state index in [1.807, 2.05) is 6.92 Å². The van der Waals surface area contributed by atoms with Crippen LogP contribution in [0.15, 0.2) is 0 Å². The first-order valence-electron chi connectivity index (χ1n) is 7.39. The van der Waals surface area contributed by atoms with E-state index in [1.54, 1.807) is 0 Å². The maximum Gasteiger partial charge on any atom is 0.169 e. The number of aryl methyl sites for hydroxylation is 1. The van der Waals surface area contributed by atoms with Gasteiger partial charge in [0.15, 0.2) is 5.82 Å². The van der Waals surface area contributed by atoms with Crippen molar-refractivity contribution < 1.29 is 4.74 Å². The number of nitrogens with zero attached hydrogens (tertiary/aromatic N) is 4. The zero-order valence-electron chi connectivity index (χ0n) is 12.5.